The molecule has 0 aliphatic carbocycles. The molecule has 2 aromatic carbocycles. The summed E-state index contributed by atoms with van der Waals surface area (Å²) in [5.74, 6) is 0.349. The van der Waals surface area contributed by atoms with Crippen molar-refractivity contribution < 1.29 is 23.6 Å². The number of aryl methyl sites for hydroxylation is 1. The average Bonchev–Trinajstić information content (AvgIpc) is 3.40. The van der Waals surface area contributed by atoms with Crippen molar-refractivity contribution in [3.05, 3.63) is 102 Å². The number of nitrogens with zero attached hydrogens (tertiary/aromatic N) is 3. The van der Waals surface area contributed by atoms with E-state index < -0.39 is 18.1 Å². The fraction of sp³-hybridized carbons (Fsp3) is 0.222. The molecule has 0 spiro atoms. The van der Waals surface area contributed by atoms with E-state index >= 15 is 0 Å². The monoisotopic (exact) mass is 486 g/mol. The van der Waals surface area contributed by atoms with Crippen LogP contribution in [-0.4, -0.2) is 39.8 Å². The maximum absolute atomic E-state index is 12.8. The molecule has 0 aliphatic heterocycles. The smallest absolute Gasteiger partial charge is 0.408 e. The molecule has 0 bridgehead atoms. The number of alkyl carbamates (subject to hydrolysis) is 1. The SMILES string of the molecule is O=C(N[C@@H](Cc1ccccc1)C(=O)OCCCc1nc(-c2cccnc2)no1)OCc1ccccc1. The van der Waals surface area contributed by atoms with Crippen LogP contribution in [0.2, 0.25) is 0 Å². The van der Waals surface area contributed by atoms with Gasteiger partial charge in [0.25, 0.3) is 0 Å². The molecule has 0 aliphatic rings. The number of rotatable bonds is 11. The van der Waals surface area contributed by atoms with Crippen molar-refractivity contribution in [1.82, 2.24) is 20.4 Å². The zero-order valence-corrected chi connectivity index (χ0v) is 19.6. The van der Waals surface area contributed by atoms with Crippen LogP contribution < -0.4 is 5.32 Å². The predicted octanol–water partition coefficient (Wildman–Crippen LogP) is 4.15. The number of hydrogen-bond acceptors (Lipinski definition) is 8. The fourth-order valence-corrected chi connectivity index (χ4v) is 3.42. The summed E-state index contributed by atoms with van der Waals surface area (Å²) in [5, 5.41) is 6.59. The van der Waals surface area contributed by atoms with Crippen LogP contribution in [0, 0.1) is 0 Å². The summed E-state index contributed by atoms with van der Waals surface area (Å²) in [4.78, 5) is 33.6. The van der Waals surface area contributed by atoms with E-state index in [2.05, 4.69) is 20.4 Å². The molecule has 4 aromatic rings. The van der Waals surface area contributed by atoms with Crippen LogP contribution >= 0.6 is 0 Å². The molecule has 1 N–H and O–H groups in total. The molecule has 9 heteroatoms. The summed E-state index contributed by atoms with van der Waals surface area (Å²) >= 11 is 0. The molecule has 2 aromatic heterocycles. The van der Waals surface area contributed by atoms with Crippen LogP contribution in [0.4, 0.5) is 4.79 Å². The highest BCUT2D eigenvalue weighted by Gasteiger charge is 2.23. The molecule has 9 nitrogen and oxygen atoms in total. The Labute approximate surface area is 208 Å². The molecular weight excluding hydrogens is 460 g/mol. The lowest BCUT2D eigenvalue weighted by Crippen LogP contribution is -2.43. The van der Waals surface area contributed by atoms with Gasteiger partial charge in [0, 0.05) is 30.8 Å². The maximum atomic E-state index is 12.8. The van der Waals surface area contributed by atoms with Gasteiger partial charge in [-0.1, -0.05) is 65.8 Å². The summed E-state index contributed by atoms with van der Waals surface area (Å²) in [6, 6.07) is 21.4. The molecule has 184 valence electrons. The highest BCUT2D eigenvalue weighted by atomic mass is 16.6. The average molecular weight is 487 g/mol. The van der Waals surface area contributed by atoms with E-state index in [9.17, 15) is 9.59 Å². The molecule has 2 heterocycles. The van der Waals surface area contributed by atoms with Crippen molar-refractivity contribution >= 4 is 12.1 Å². The Morgan fingerprint density at radius 2 is 1.67 bits per heavy atom. The van der Waals surface area contributed by atoms with Crippen LogP contribution in [0.3, 0.4) is 0 Å². The minimum absolute atomic E-state index is 0.102. The first kappa shape index (κ1) is 24.6. The highest BCUT2D eigenvalue weighted by Crippen LogP contribution is 2.14. The van der Waals surface area contributed by atoms with Gasteiger partial charge in [-0.05, 0) is 29.7 Å². The number of aromatic nitrogens is 3. The van der Waals surface area contributed by atoms with Crippen LogP contribution in [-0.2, 0) is 33.7 Å². The largest absolute Gasteiger partial charge is 0.464 e. The summed E-state index contributed by atoms with van der Waals surface area (Å²) in [6.45, 7) is 0.237. The molecule has 1 amide bonds. The number of esters is 1. The van der Waals surface area contributed by atoms with E-state index in [0.717, 1.165) is 16.7 Å². The lowest BCUT2D eigenvalue weighted by molar-refractivity contribution is -0.146. The van der Waals surface area contributed by atoms with Crippen molar-refractivity contribution in [3.63, 3.8) is 0 Å². The zero-order chi connectivity index (χ0) is 25.0. The third-order valence-electron chi connectivity index (χ3n) is 5.24. The van der Waals surface area contributed by atoms with E-state index in [1.165, 1.54) is 0 Å². The first-order valence-electron chi connectivity index (χ1n) is 11.6. The van der Waals surface area contributed by atoms with Crippen molar-refractivity contribution in [2.24, 2.45) is 0 Å². The van der Waals surface area contributed by atoms with Gasteiger partial charge in [-0.2, -0.15) is 4.98 Å². The van der Waals surface area contributed by atoms with Gasteiger partial charge in [-0.15, -0.1) is 0 Å². The molecule has 0 fully saturated rings. The second kappa shape index (κ2) is 12.8. The Balaban J connectivity index is 1.27. The third kappa shape index (κ3) is 7.49. The quantitative estimate of drug-likeness (QED) is 0.248. The Morgan fingerprint density at radius 3 is 2.39 bits per heavy atom. The van der Waals surface area contributed by atoms with Crippen LogP contribution in [0.25, 0.3) is 11.4 Å². The molecule has 0 radical (unpaired) electrons. The summed E-state index contributed by atoms with van der Waals surface area (Å²) in [7, 11) is 0. The number of carbonyl (C=O) groups is 2. The normalized spacial score (nSPS) is 11.4. The number of ether oxygens (including phenoxy) is 2. The van der Waals surface area contributed by atoms with Crippen molar-refractivity contribution in [3.8, 4) is 11.4 Å². The van der Waals surface area contributed by atoms with Crippen LogP contribution in [0.15, 0.2) is 89.7 Å². The lowest BCUT2D eigenvalue weighted by Gasteiger charge is -2.18. The van der Waals surface area contributed by atoms with Gasteiger partial charge in [0.05, 0.1) is 6.61 Å². The number of benzene rings is 2. The van der Waals surface area contributed by atoms with Gasteiger partial charge < -0.3 is 19.3 Å². The molecule has 0 saturated carbocycles. The Morgan fingerprint density at radius 1 is 0.917 bits per heavy atom. The van der Waals surface area contributed by atoms with Gasteiger partial charge in [0.2, 0.25) is 11.7 Å². The third-order valence-corrected chi connectivity index (χ3v) is 5.24. The first-order chi connectivity index (χ1) is 17.7. The summed E-state index contributed by atoms with van der Waals surface area (Å²) in [5.41, 5.74) is 2.49. The number of nitrogens with one attached hydrogen (secondary N) is 1. The van der Waals surface area contributed by atoms with E-state index in [0.29, 0.717) is 24.6 Å². The Bertz CT molecular complexity index is 1230. The molecule has 36 heavy (non-hydrogen) atoms. The second-order valence-electron chi connectivity index (χ2n) is 7.97. The fourth-order valence-electron chi connectivity index (χ4n) is 3.42. The van der Waals surface area contributed by atoms with Gasteiger partial charge in [0.1, 0.15) is 12.6 Å². The molecule has 4 rings (SSSR count). The summed E-state index contributed by atoms with van der Waals surface area (Å²) < 4.78 is 16.0. The minimum atomic E-state index is -0.892. The van der Waals surface area contributed by atoms with Crippen molar-refractivity contribution in [2.45, 2.75) is 31.9 Å². The van der Waals surface area contributed by atoms with Crippen LogP contribution in [0.5, 0.6) is 0 Å². The number of amides is 1. The topological polar surface area (TPSA) is 116 Å². The van der Waals surface area contributed by atoms with Crippen molar-refractivity contribution in [1.29, 1.82) is 0 Å². The Kier molecular flexibility index (Phi) is 8.74. The van der Waals surface area contributed by atoms with Crippen molar-refractivity contribution in [2.75, 3.05) is 6.61 Å². The lowest BCUT2D eigenvalue weighted by atomic mass is 10.1. The molecule has 0 unspecified atom stereocenters. The predicted molar refractivity (Wildman–Crippen MR) is 131 cm³/mol. The zero-order valence-electron chi connectivity index (χ0n) is 19.6. The minimum Gasteiger partial charge on any atom is -0.464 e. The van der Waals surface area contributed by atoms with Gasteiger partial charge >= 0.3 is 12.1 Å². The summed E-state index contributed by atoms with van der Waals surface area (Å²) in [6.07, 6.45) is 3.83. The van der Waals surface area contributed by atoms with E-state index in [4.69, 9.17) is 14.0 Å². The van der Waals surface area contributed by atoms with Gasteiger partial charge in [-0.3, -0.25) is 4.98 Å². The van der Waals surface area contributed by atoms with Gasteiger partial charge in [-0.25, -0.2) is 9.59 Å². The standard InChI is InChI=1S/C27H26N4O5/c32-26(34-16-8-14-24-30-25(31-36-24)22-13-7-15-28-18-22)23(17-20-9-3-1-4-10-20)29-27(33)35-19-21-11-5-2-6-12-21/h1-7,9-13,15,18,23H,8,14,16-17,19H2,(H,29,33)/t23-/m0/s1. The molecule has 1 atom stereocenters. The maximum Gasteiger partial charge on any atom is 0.408 e. The second-order valence-corrected chi connectivity index (χ2v) is 7.97. The number of hydrogen-bond donors (Lipinski definition) is 1. The number of pyridine rings is 1. The molecule has 0 saturated heterocycles. The highest BCUT2D eigenvalue weighted by molar-refractivity contribution is 5.81. The first-order valence-corrected chi connectivity index (χ1v) is 11.6. The van der Waals surface area contributed by atoms with Crippen LogP contribution in [0.1, 0.15) is 23.4 Å². The molecular formula is C27H26N4O5. The van der Waals surface area contributed by atoms with E-state index in [1.54, 1.807) is 18.5 Å². The van der Waals surface area contributed by atoms with Gasteiger partial charge in [0.15, 0.2) is 0 Å². The van der Waals surface area contributed by atoms with E-state index in [-0.39, 0.29) is 19.6 Å². The van der Waals surface area contributed by atoms with E-state index in [1.807, 2.05) is 66.7 Å². The Hall–Kier alpha value is -4.53. The number of carbonyl (C=O) groups excluding carboxylic acids is 2.